The number of aliphatic hydroxyl groups is 1. The molecule has 0 radical (unpaired) electrons. The number of carbonyl (C=O) groups is 1. The second kappa shape index (κ2) is 7.13. The number of benzene rings is 1. The van der Waals surface area contributed by atoms with Crippen LogP contribution in [0.2, 0.25) is 0 Å². The van der Waals surface area contributed by atoms with Crippen LogP contribution in [0.3, 0.4) is 0 Å². The van der Waals surface area contributed by atoms with E-state index in [0.717, 1.165) is 0 Å². The van der Waals surface area contributed by atoms with Crippen molar-refractivity contribution in [3.05, 3.63) is 45.0 Å². The first-order valence-corrected chi connectivity index (χ1v) is 7.93. The van der Waals surface area contributed by atoms with Gasteiger partial charge in [0, 0.05) is 0 Å². The molecule has 0 aliphatic heterocycles. The van der Waals surface area contributed by atoms with E-state index in [1.807, 2.05) is 0 Å². The summed E-state index contributed by atoms with van der Waals surface area (Å²) >= 11 is 11.1. The molecule has 1 aromatic carbocycles. The van der Waals surface area contributed by atoms with Gasteiger partial charge in [-0.25, -0.2) is 17.6 Å². The SMILES string of the molecule is CC1(C)[C@H](C(=O)OCc2c(F)c(F)c(CO)c(F)c2F)[C@@H]1C=C(Cl)Cl. The first-order chi connectivity index (χ1) is 11.5. The Morgan fingerprint density at radius 2 is 1.60 bits per heavy atom. The molecule has 0 saturated heterocycles. The van der Waals surface area contributed by atoms with E-state index >= 15 is 0 Å². The maximum atomic E-state index is 13.8. The van der Waals surface area contributed by atoms with E-state index in [4.69, 9.17) is 33.0 Å². The van der Waals surface area contributed by atoms with Crippen molar-refractivity contribution in [2.24, 2.45) is 17.3 Å². The number of hydrogen-bond donors (Lipinski definition) is 1. The molecular formula is C16H14Cl2F4O3. The van der Waals surface area contributed by atoms with E-state index in [0.29, 0.717) is 0 Å². The van der Waals surface area contributed by atoms with Gasteiger partial charge in [-0.05, 0) is 17.4 Å². The molecule has 0 heterocycles. The first-order valence-electron chi connectivity index (χ1n) is 7.18. The molecule has 1 N–H and O–H groups in total. The lowest BCUT2D eigenvalue weighted by Crippen LogP contribution is -2.14. The quantitative estimate of drug-likeness (QED) is 0.453. The molecule has 3 nitrogen and oxygen atoms in total. The van der Waals surface area contributed by atoms with Crippen LogP contribution in [0, 0.1) is 40.5 Å². The molecule has 1 fully saturated rings. The Hall–Kier alpha value is -1.31. The van der Waals surface area contributed by atoms with Gasteiger partial charge in [-0.1, -0.05) is 37.0 Å². The average molecular weight is 401 g/mol. The molecule has 0 bridgehead atoms. The topological polar surface area (TPSA) is 46.5 Å². The third-order valence-electron chi connectivity index (χ3n) is 4.43. The smallest absolute Gasteiger partial charge is 0.310 e. The standard InChI is InChI=1S/C16H14Cl2F4O3/c1-16(2)8(3-9(17)18)10(16)15(24)25-5-7-13(21)11(19)6(4-23)12(20)14(7)22/h3,8,10,23H,4-5H2,1-2H3/t8-,10-/m0/s1. The number of aliphatic hydroxyl groups excluding tert-OH is 1. The molecule has 1 aromatic rings. The van der Waals surface area contributed by atoms with E-state index in [1.54, 1.807) is 13.8 Å². The summed E-state index contributed by atoms with van der Waals surface area (Å²) < 4.78 is 59.7. The summed E-state index contributed by atoms with van der Waals surface area (Å²) in [5.74, 6) is -8.67. The Morgan fingerprint density at radius 3 is 2.04 bits per heavy atom. The number of ether oxygens (including phenoxy) is 1. The van der Waals surface area contributed by atoms with Gasteiger partial charge in [-0.2, -0.15) is 0 Å². The highest BCUT2D eigenvalue weighted by Crippen LogP contribution is 2.60. The molecule has 2 rings (SSSR count). The Labute approximate surface area is 151 Å². The summed E-state index contributed by atoms with van der Waals surface area (Å²) in [5.41, 5.74) is -2.72. The highest BCUT2D eigenvalue weighted by atomic mass is 35.5. The molecule has 2 atom stereocenters. The number of esters is 1. The van der Waals surface area contributed by atoms with Crippen molar-refractivity contribution in [3.63, 3.8) is 0 Å². The van der Waals surface area contributed by atoms with Gasteiger partial charge >= 0.3 is 5.97 Å². The number of rotatable bonds is 5. The number of halogens is 6. The van der Waals surface area contributed by atoms with Crippen molar-refractivity contribution in [1.29, 1.82) is 0 Å². The fraction of sp³-hybridized carbons (Fsp3) is 0.438. The molecule has 1 aliphatic rings. The third-order valence-corrected chi connectivity index (χ3v) is 4.68. The molecule has 0 amide bonds. The van der Waals surface area contributed by atoms with Crippen LogP contribution < -0.4 is 0 Å². The van der Waals surface area contributed by atoms with Crippen LogP contribution in [0.25, 0.3) is 0 Å². The molecule has 0 aromatic heterocycles. The molecule has 1 saturated carbocycles. The Balaban J connectivity index is 2.18. The van der Waals surface area contributed by atoms with Crippen molar-refractivity contribution < 1.29 is 32.2 Å². The predicted octanol–water partition coefficient (Wildman–Crippen LogP) is 4.37. The van der Waals surface area contributed by atoms with E-state index < -0.39 is 64.9 Å². The molecule has 25 heavy (non-hydrogen) atoms. The fourth-order valence-corrected chi connectivity index (χ4v) is 3.07. The molecule has 0 unspecified atom stereocenters. The van der Waals surface area contributed by atoms with Gasteiger partial charge in [0.1, 0.15) is 11.1 Å². The summed E-state index contributed by atoms with van der Waals surface area (Å²) in [6.45, 7) is 1.28. The van der Waals surface area contributed by atoms with Gasteiger partial charge in [-0.15, -0.1) is 0 Å². The van der Waals surface area contributed by atoms with Crippen LogP contribution in [0.15, 0.2) is 10.6 Å². The molecule has 138 valence electrons. The maximum Gasteiger partial charge on any atom is 0.310 e. The largest absolute Gasteiger partial charge is 0.460 e. The number of hydrogen-bond acceptors (Lipinski definition) is 3. The summed E-state index contributed by atoms with van der Waals surface area (Å²) in [5, 5.41) is 8.77. The fourth-order valence-electron chi connectivity index (χ4n) is 2.80. The highest BCUT2D eigenvalue weighted by molar-refractivity contribution is 6.55. The maximum absolute atomic E-state index is 13.8. The lowest BCUT2D eigenvalue weighted by Gasteiger charge is -2.11. The Morgan fingerprint density at radius 1 is 1.12 bits per heavy atom. The summed E-state index contributed by atoms with van der Waals surface area (Å²) in [6, 6.07) is 0. The monoisotopic (exact) mass is 400 g/mol. The van der Waals surface area contributed by atoms with Gasteiger partial charge in [0.15, 0.2) is 23.3 Å². The molecule has 9 heteroatoms. The summed E-state index contributed by atoms with van der Waals surface area (Å²) in [4.78, 5) is 12.1. The van der Waals surface area contributed by atoms with Crippen LogP contribution in [0.4, 0.5) is 17.6 Å². The minimum absolute atomic E-state index is 0.0331. The lowest BCUT2D eigenvalue weighted by molar-refractivity contribution is -0.147. The van der Waals surface area contributed by atoms with Crippen molar-refractivity contribution in [2.75, 3.05) is 0 Å². The minimum atomic E-state index is -1.73. The van der Waals surface area contributed by atoms with E-state index in [9.17, 15) is 22.4 Å². The Kier molecular flexibility index (Phi) is 5.71. The van der Waals surface area contributed by atoms with Crippen molar-refractivity contribution in [2.45, 2.75) is 27.1 Å². The zero-order valence-electron chi connectivity index (χ0n) is 13.2. The van der Waals surface area contributed by atoms with Crippen molar-refractivity contribution in [3.8, 4) is 0 Å². The molecular weight excluding hydrogens is 387 g/mol. The predicted molar refractivity (Wildman–Crippen MR) is 82.5 cm³/mol. The van der Waals surface area contributed by atoms with Gasteiger partial charge < -0.3 is 9.84 Å². The van der Waals surface area contributed by atoms with Gasteiger partial charge in [-0.3, -0.25) is 4.79 Å². The first kappa shape index (κ1) is 20.0. The molecule has 0 spiro atoms. The highest BCUT2D eigenvalue weighted by Gasteiger charge is 2.61. The minimum Gasteiger partial charge on any atom is -0.460 e. The zero-order valence-corrected chi connectivity index (χ0v) is 14.7. The van der Waals surface area contributed by atoms with E-state index in [2.05, 4.69) is 0 Å². The second-order valence-electron chi connectivity index (χ2n) is 6.26. The number of allylic oxidation sites excluding steroid dienone is 1. The van der Waals surface area contributed by atoms with E-state index in [-0.39, 0.29) is 10.4 Å². The van der Waals surface area contributed by atoms with Crippen LogP contribution in [0.5, 0.6) is 0 Å². The van der Waals surface area contributed by atoms with Gasteiger partial charge in [0.25, 0.3) is 0 Å². The molecule has 1 aliphatic carbocycles. The summed E-state index contributed by atoms with van der Waals surface area (Å²) in [7, 11) is 0. The van der Waals surface area contributed by atoms with Crippen molar-refractivity contribution >= 4 is 29.2 Å². The zero-order chi connectivity index (χ0) is 19.1. The van der Waals surface area contributed by atoms with Gasteiger partial charge in [0.2, 0.25) is 0 Å². The van der Waals surface area contributed by atoms with Crippen LogP contribution in [0.1, 0.15) is 25.0 Å². The van der Waals surface area contributed by atoms with Gasteiger partial charge in [0.05, 0.1) is 23.7 Å². The van der Waals surface area contributed by atoms with E-state index in [1.165, 1.54) is 6.08 Å². The van der Waals surface area contributed by atoms with Crippen LogP contribution in [-0.2, 0) is 22.7 Å². The van der Waals surface area contributed by atoms with Crippen LogP contribution >= 0.6 is 23.2 Å². The summed E-state index contributed by atoms with van der Waals surface area (Å²) in [6.07, 6.45) is 1.45. The Bertz CT molecular complexity index is 716. The number of carbonyl (C=O) groups excluding carboxylic acids is 1. The normalized spacial score (nSPS) is 21.0. The lowest BCUT2D eigenvalue weighted by atomic mass is 10.1. The van der Waals surface area contributed by atoms with Crippen LogP contribution in [-0.4, -0.2) is 11.1 Å². The second-order valence-corrected chi connectivity index (χ2v) is 7.27. The van der Waals surface area contributed by atoms with Crippen molar-refractivity contribution in [1.82, 2.24) is 0 Å². The average Bonchev–Trinajstić information content (AvgIpc) is 3.05. The third kappa shape index (κ3) is 3.64.